The molecule has 1 heterocycles. The van der Waals surface area contributed by atoms with Gasteiger partial charge in [0, 0.05) is 6.42 Å². The second-order valence-corrected chi connectivity index (χ2v) is 3.29. The Hall–Kier alpha value is 0.270. The molecule has 0 radical (unpaired) electrons. The second kappa shape index (κ2) is 4.99. The fourth-order valence-electron chi connectivity index (χ4n) is 0.917. The molecule has 0 unspecified atom stereocenters. The number of hydrogen-bond donors (Lipinski definition) is 0. The largest absolute Gasteiger partial charge is 0.353 e. The Balaban J connectivity index is 2.02. The first-order chi connectivity index (χ1) is 4.93. The van der Waals surface area contributed by atoms with Crippen LogP contribution in [0.2, 0.25) is 0 Å². The van der Waals surface area contributed by atoms with Crippen molar-refractivity contribution in [2.75, 3.05) is 25.2 Å². The molecule has 0 saturated carbocycles. The highest BCUT2D eigenvalue weighted by Gasteiger charge is 2.12. The van der Waals surface area contributed by atoms with E-state index < -0.39 is 0 Å². The highest BCUT2D eigenvalue weighted by Crippen LogP contribution is 2.10. The van der Waals surface area contributed by atoms with E-state index in [1.807, 2.05) is 11.8 Å². The lowest BCUT2D eigenvalue weighted by Gasteiger charge is -2.22. The fourth-order valence-corrected chi connectivity index (χ4v) is 1.35. The van der Waals surface area contributed by atoms with Crippen molar-refractivity contribution in [3.8, 4) is 0 Å². The van der Waals surface area contributed by atoms with E-state index in [-0.39, 0.29) is 6.29 Å². The molecule has 60 valence electrons. The van der Waals surface area contributed by atoms with E-state index in [0.29, 0.717) is 0 Å². The topological polar surface area (TPSA) is 18.5 Å². The SMILES string of the molecule is CSCCC1OCCCO1. The van der Waals surface area contributed by atoms with Gasteiger partial charge in [-0.1, -0.05) is 0 Å². The zero-order chi connectivity index (χ0) is 7.23. The van der Waals surface area contributed by atoms with Gasteiger partial charge in [-0.2, -0.15) is 11.8 Å². The summed E-state index contributed by atoms with van der Waals surface area (Å²) in [6.45, 7) is 1.75. The lowest BCUT2D eigenvalue weighted by Crippen LogP contribution is -2.25. The van der Waals surface area contributed by atoms with Crippen molar-refractivity contribution in [1.29, 1.82) is 0 Å². The average molecular weight is 162 g/mol. The van der Waals surface area contributed by atoms with Crippen LogP contribution in [0.3, 0.4) is 0 Å². The Kier molecular flexibility index (Phi) is 4.18. The molecule has 1 rings (SSSR count). The lowest BCUT2D eigenvalue weighted by molar-refractivity contribution is -0.178. The molecule has 1 aliphatic rings. The van der Waals surface area contributed by atoms with E-state index in [1.165, 1.54) is 0 Å². The third-order valence-corrected chi connectivity index (χ3v) is 2.10. The quantitative estimate of drug-likeness (QED) is 0.626. The number of thioether (sulfide) groups is 1. The molecule has 3 heteroatoms. The average Bonchev–Trinajstić information content (AvgIpc) is 2.03. The summed E-state index contributed by atoms with van der Waals surface area (Å²) in [6, 6.07) is 0. The molecular formula is C7H14O2S. The molecular weight excluding hydrogens is 148 g/mol. The lowest BCUT2D eigenvalue weighted by atomic mass is 10.4. The van der Waals surface area contributed by atoms with E-state index in [0.717, 1.165) is 31.8 Å². The molecule has 0 aromatic carbocycles. The van der Waals surface area contributed by atoms with Gasteiger partial charge in [-0.25, -0.2) is 0 Å². The van der Waals surface area contributed by atoms with Crippen molar-refractivity contribution < 1.29 is 9.47 Å². The van der Waals surface area contributed by atoms with Crippen molar-refractivity contribution in [1.82, 2.24) is 0 Å². The van der Waals surface area contributed by atoms with Crippen LogP contribution in [0.1, 0.15) is 12.8 Å². The van der Waals surface area contributed by atoms with Crippen LogP contribution >= 0.6 is 11.8 Å². The minimum Gasteiger partial charge on any atom is -0.353 e. The molecule has 0 aromatic heterocycles. The Morgan fingerprint density at radius 3 is 2.70 bits per heavy atom. The van der Waals surface area contributed by atoms with E-state index >= 15 is 0 Å². The Morgan fingerprint density at radius 1 is 1.40 bits per heavy atom. The third-order valence-electron chi connectivity index (χ3n) is 1.45. The summed E-state index contributed by atoms with van der Waals surface area (Å²) in [4.78, 5) is 0. The highest BCUT2D eigenvalue weighted by molar-refractivity contribution is 7.98. The van der Waals surface area contributed by atoms with Crippen LogP contribution in [0.4, 0.5) is 0 Å². The number of ether oxygens (including phenoxy) is 2. The Bertz CT molecular complexity index is 81.7. The normalized spacial score (nSPS) is 21.3. The maximum Gasteiger partial charge on any atom is 0.158 e. The van der Waals surface area contributed by atoms with E-state index in [2.05, 4.69) is 6.26 Å². The van der Waals surface area contributed by atoms with Gasteiger partial charge in [-0.05, 0) is 18.4 Å². The van der Waals surface area contributed by atoms with Crippen LogP contribution in [0.5, 0.6) is 0 Å². The summed E-state index contributed by atoms with van der Waals surface area (Å²) < 4.78 is 10.7. The van der Waals surface area contributed by atoms with E-state index in [4.69, 9.17) is 9.47 Å². The molecule has 1 fully saturated rings. The van der Waals surface area contributed by atoms with Gasteiger partial charge in [-0.3, -0.25) is 0 Å². The second-order valence-electron chi connectivity index (χ2n) is 2.31. The Labute approximate surface area is 66.3 Å². The molecule has 0 spiro atoms. The van der Waals surface area contributed by atoms with Crippen molar-refractivity contribution >= 4 is 11.8 Å². The van der Waals surface area contributed by atoms with Gasteiger partial charge in [-0.15, -0.1) is 0 Å². The highest BCUT2D eigenvalue weighted by atomic mass is 32.2. The van der Waals surface area contributed by atoms with Gasteiger partial charge < -0.3 is 9.47 Å². The monoisotopic (exact) mass is 162 g/mol. The third kappa shape index (κ3) is 2.90. The Morgan fingerprint density at radius 2 is 2.10 bits per heavy atom. The van der Waals surface area contributed by atoms with Crippen LogP contribution < -0.4 is 0 Å². The van der Waals surface area contributed by atoms with Gasteiger partial charge >= 0.3 is 0 Å². The van der Waals surface area contributed by atoms with Crippen molar-refractivity contribution in [2.45, 2.75) is 19.1 Å². The summed E-state index contributed by atoms with van der Waals surface area (Å²) in [6.07, 6.45) is 4.26. The zero-order valence-electron chi connectivity index (χ0n) is 6.34. The first-order valence-corrected chi connectivity index (χ1v) is 5.05. The standard InChI is InChI=1S/C7H14O2S/c1-10-6-3-7-8-4-2-5-9-7/h7H,2-6H2,1H3. The van der Waals surface area contributed by atoms with Gasteiger partial charge in [0.2, 0.25) is 0 Å². The van der Waals surface area contributed by atoms with Crippen LogP contribution in [0, 0.1) is 0 Å². The maximum atomic E-state index is 5.34. The number of rotatable bonds is 3. The molecule has 0 amide bonds. The van der Waals surface area contributed by atoms with Gasteiger partial charge in [0.05, 0.1) is 13.2 Å². The summed E-state index contributed by atoms with van der Waals surface area (Å²) in [5, 5.41) is 0. The molecule has 0 aromatic rings. The predicted molar refractivity (Wildman–Crippen MR) is 43.3 cm³/mol. The van der Waals surface area contributed by atoms with Crippen LogP contribution in [-0.4, -0.2) is 31.5 Å². The molecule has 1 saturated heterocycles. The first kappa shape index (κ1) is 8.37. The predicted octanol–water partition coefficient (Wildman–Crippen LogP) is 1.50. The minimum absolute atomic E-state index is 0.0844. The van der Waals surface area contributed by atoms with Crippen LogP contribution in [0.15, 0.2) is 0 Å². The van der Waals surface area contributed by atoms with Crippen molar-refractivity contribution in [3.63, 3.8) is 0 Å². The number of hydrogen-bond acceptors (Lipinski definition) is 3. The molecule has 1 aliphatic heterocycles. The first-order valence-electron chi connectivity index (χ1n) is 3.65. The van der Waals surface area contributed by atoms with Gasteiger partial charge in [0.25, 0.3) is 0 Å². The summed E-state index contributed by atoms with van der Waals surface area (Å²) in [5.74, 6) is 1.13. The zero-order valence-corrected chi connectivity index (χ0v) is 7.15. The van der Waals surface area contributed by atoms with Gasteiger partial charge in [0.15, 0.2) is 6.29 Å². The summed E-state index contributed by atoms with van der Waals surface area (Å²) in [7, 11) is 0. The van der Waals surface area contributed by atoms with Crippen LogP contribution in [0.25, 0.3) is 0 Å². The molecule has 10 heavy (non-hydrogen) atoms. The van der Waals surface area contributed by atoms with Crippen LogP contribution in [-0.2, 0) is 9.47 Å². The smallest absolute Gasteiger partial charge is 0.158 e. The van der Waals surface area contributed by atoms with E-state index in [1.54, 1.807) is 0 Å². The molecule has 0 N–H and O–H groups in total. The molecule has 2 nitrogen and oxygen atoms in total. The molecule has 0 atom stereocenters. The minimum atomic E-state index is 0.0844. The van der Waals surface area contributed by atoms with Crippen molar-refractivity contribution in [2.24, 2.45) is 0 Å². The molecule has 0 aliphatic carbocycles. The van der Waals surface area contributed by atoms with E-state index in [9.17, 15) is 0 Å². The molecule has 0 bridgehead atoms. The summed E-state index contributed by atoms with van der Waals surface area (Å²) >= 11 is 1.84. The van der Waals surface area contributed by atoms with Gasteiger partial charge in [0.1, 0.15) is 0 Å². The summed E-state index contributed by atoms with van der Waals surface area (Å²) in [5.41, 5.74) is 0. The maximum absolute atomic E-state index is 5.34. The fraction of sp³-hybridized carbons (Fsp3) is 1.00. The van der Waals surface area contributed by atoms with Crippen molar-refractivity contribution in [3.05, 3.63) is 0 Å².